The van der Waals surface area contributed by atoms with Gasteiger partial charge in [0.25, 0.3) is 15.0 Å². The van der Waals surface area contributed by atoms with E-state index in [2.05, 4.69) is 5.32 Å². The molecular weight excluding hydrogens is 321 g/mol. The summed E-state index contributed by atoms with van der Waals surface area (Å²) in [6.07, 6.45) is 3.44. The molecule has 0 unspecified atom stereocenters. The molecule has 1 aromatic rings. The van der Waals surface area contributed by atoms with Crippen molar-refractivity contribution in [2.75, 3.05) is 6.54 Å². The van der Waals surface area contributed by atoms with Crippen molar-refractivity contribution in [3.63, 3.8) is 0 Å². The first-order valence-electron chi connectivity index (χ1n) is 6.32. The number of benzene rings is 1. The Kier molecular flexibility index (Phi) is 4.62. The Morgan fingerprint density at radius 1 is 1.40 bits per heavy atom. The largest absolute Gasteiger partial charge is 0.352 e. The van der Waals surface area contributed by atoms with Gasteiger partial charge in [0.15, 0.2) is 0 Å². The Morgan fingerprint density at radius 2 is 2.05 bits per heavy atom. The highest BCUT2D eigenvalue weighted by Crippen LogP contribution is 2.28. The van der Waals surface area contributed by atoms with Crippen molar-refractivity contribution < 1.29 is 13.2 Å². The van der Waals surface area contributed by atoms with E-state index in [4.69, 9.17) is 22.3 Å². The average Bonchev–Trinajstić information content (AvgIpc) is 2.28. The molecule has 0 aliphatic heterocycles. The number of carbonyl (C=O) groups excluding carboxylic acids is 1. The molecule has 1 aromatic carbocycles. The van der Waals surface area contributed by atoms with E-state index in [0.717, 1.165) is 12.8 Å². The minimum atomic E-state index is -3.93. The third kappa shape index (κ3) is 3.45. The van der Waals surface area contributed by atoms with Crippen LogP contribution < -0.4 is 5.32 Å². The zero-order valence-electron chi connectivity index (χ0n) is 10.9. The topological polar surface area (TPSA) is 63.2 Å². The van der Waals surface area contributed by atoms with Crippen LogP contribution in [-0.2, 0) is 9.05 Å². The summed E-state index contributed by atoms with van der Waals surface area (Å²) in [7, 11) is 1.42. The smallest absolute Gasteiger partial charge is 0.261 e. The fraction of sp³-hybridized carbons (Fsp3) is 0.462. The second-order valence-electron chi connectivity index (χ2n) is 5.03. The third-order valence-electron chi connectivity index (χ3n) is 3.60. The maximum atomic E-state index is 12.0. The number of hydrogen-bond donors (Lipinski definition) is 1. The van der Waals surface area contributed by atoms with Gasteiger partial charge in [-0.05, 0) is 43.4 Å². The Balaban J connectivity index is 2.23. The Bertz CT molecular complexity index is 639. The van der Waals surface area contributed by atoms with E-state index in [9.17, 15) is 13.2 Å². The molecule has 1 saturated carbocycles. The summed E-state index contributed by atoms with van der Waals surface area (Å²) in [5.41, 5.74) is 0.552. The number of nitrogens with one attached hydrogen (secondary N) is 1. The Hall–Kier alpha value is -0.780. The van der Waals surface area contributed by atoms with Crippen LogP contribution in [-0.4, -0.2) is 20.9 Å². The van der Waals surface area contributed by atoms with Crippen LogP contribution in [0, 0.1) is 12.8 Å². The van der Waals surface area contributed by atoms with Crippen molar-refractivity contribution in [2.24, 2.45) is 5.92 Å². The molecule has 1 aliphatic rings. The maximum absolute atomic E-state index is 12.0. The molecule has 0 aromatic heterocycles. The molecule has 20 heavy (non-hydrogen) atoms. The van der Waals surface area contributed by atoms with Crippen LogP contribution in [0.2, 0.25) is 5.02 Å². The molecule has 0 spiro atoms. The third-order valence-corrected chi connectivity index (χ3v) is 5.44. The van der Waals surface area contributed by atoms with Crippen molar-refractivity contribution in [3.8, 4) is 0 Å². The monoisotopic (exact) mass is 335 g/mol. The van der Waals surface area contributed by atoms with Gasteiger partial charge in [-0.25, -0.2) is 8.42 Å². The van der Waals surface area contributed by atoms with Crippen LogP contribution in [0.5, 0.6) is 0 Å². The summed E-state index contributed by atoms with van der Waals surface area (Å²) in [4.78, 5) is 11.9. The highest BCUT2D eigenvalue weighted by molar-refractivity contribution is 8.13. The lowest BCUT2D eigenvalue weighted by Gasteiger charge is -2.25. The van der Waals surface area contributed by atoms with E-state index < -0.39 is 9.05 Å². The molecule has 1 N–H and O–H groups in total. The number of carbonyl (C=O) groups is 1. The molecule has 110 valence electrons. The van der Waals surface area contributed by atoms with E-state index in [1.54, 1.807) is 6.92 Å². The van der Waals surface area contributed by atoms with E-state index in [0.29, 0.717) is 18.0 Å². The first-order chi connectivity index (χ1) is 9.29. The van der Waals surface area contributed by atoms with Gasteiger partial charge in [0.05, 0.1) is 4.90 Å². The van der Waals surface area contributed by atoms with Crippen LogP contribution in [0.15, 0.2) is 17.0 Å². The summed E-state index contributed by atoms with van der Waals surface area (Å²) in [6.45, 7) is 2.15. The number of amides is 1. The quantitative estimate of drug-likeness (QED) is 0.860. The average molecular weight is 336 g/mol. The molecule has 1 fully saturated rings. The molecule has 0 radical (unpaired) electrons. The molecule has 7 heteroatoms. The van der Waals surface area contributed by atoms with E-state index in [1.807, 2.05) is 0 Å². The summed E-state index contributed by atoms with van der Waals surface area (Å²) in [5.74, 6) is 0.191. The number of halogens is 2. The van der Waals surface area contributed by atoms with Crippen LogP contribution >= 0.6 is 22.3 Å². The van der Waals surface area contributed by atoms with Crippen molar-refractivity contribution in [1.82, 2.24) is 5.32 Å². The van der Waals surface area contributed by atoms with E-state index in [1.165, 1.54) is 18.6 Å². The highest BCUT2D eigenvalue weighted by atomic mass is 35.7. The molecule has 1 aliphatic carbocycles. The number of rotatable bonds is 4. The van der Waals surface area contributed by atoms with Gasteiger partial charge in [0, 0.05) is 27.8 Å². The standard InChI is InChI=1S/C13H15Cl2NO3S/c1-8-11(14)5-10(6-12(8)20(15,18)19)13(17)16-7-9-3-2-4-9/h5-6,9H,2-4,7H2,1H3,(H,16,17). The van der Waals surface area contributed by atoms with Crippen molar-refractivity contribution >= 4 is 37.2 Å². The summed E-state index contributed by atoms with van der Waals surface area (Å²) < 4.78 is 23.0. The van der Waals surface area contributed by atoms with Gasteiger partial charge in [-0.2, -0.15) is 0 Å². The molecule has 0 bridgehead atoms. The van der Waals surface area contributed by atoms with Gasteiger partial charge in [0.1, 0.15) is 0 Å². The SMILES string of the molecule is Cc1c(Cl)cc(C(=O)NCC2CCC2)cc1S(=O)(=O)Cl. The lowest BCUT2D eigenvalue weighted by molar-refractivity contribution is 0.0939. The second-order valence-corrected chi connectivity index (χ2v) is 7.97. The first kappa shape index (κ1) is 15.6. The molecule has 0 atom stereocenters. The highest BCUT2D eigenvalue weighted by Gasteiger charge is 2.21. The fourth-order valence-electron chi connectivity index (χ4n) is 2.07. The van der Waals surface area contributed by atoms with Gasteiger partial charge in [-0.15, -0.1) is 0 Å². The lowest BCUT2D eigenvalue weighted by atomic mass is 9.85. The lowest BCUT2D eigenvalue weighted by Crippen LogP contribution is -2.32. The summed E-state index contributed by atoms with van der Waals surface area (Å²) in [5, 5.41) is 3.00. The Labute approximate surface area is 127 Å². The van der Waals surface area contributed by atoms with Gasteiger partial charge in [-0.3, -0.25) is 4.79 Å². The molecule has 4 nitrogen and oxygen atoms in total. The molecule has 0 heterocycles. The summed E-state index contributed by atoms with van der Waals surface area (Å²) >= 11 is 5.97. The zero-order chi connectivity index (χ0) is 14.9. The maximum Gasteiger partial charge on any atom is 0.261 e. The Morgan fingerprint density at radius 3 is 2.55 bits per heavy atom. The van der Waals surface area contributed by atoms with Gasteiger partial charge in [0.2, 0.25) is 0 Å². The van der Waals surface area contributed by atoms with Crippen molar-refractivity contribution in [1.29, 1.82) is 0 Å². The van der Waals surface area contributed by atoms with Gasteiger partial charge >= 0.3 is 0 Å². The number of hydrogen-bond acceptors (Lipinski definition) is 3. The zero-order valence-corrected chi connectivity index (χ0v) is 13.3. The van der Waals surface area contributed by atoms with Crippen molar-refractivity contribution in [2.45, 2.75) is 31.1 Å². The first-order valence-corrected chi connectivity index (χ1v) is 9.01. The van der Waals surface area contributed by atoms with Crippen molar-refractivity contribution in [3.05, 3.63) is 28.3 Å². The van der Waals surface area contributed by atoms with E-state index >= 15 is 0 Å². The predicted molar refractivity (Wildman–Crippen MR) is 78.9 cm³/mol. The van der Waals surface area contributed by atoms with E-state index in [-0.39, 0.29) is 21.4 Å². The molecule has 1 amide bonds. The second kappa shape index (κ2) is 5.92. The molecular formula is C13H15Cl2NO3S. The van der Waals surface area contributed by atoms with Gasteiger partial charge in [-0.1, -0.05) is 18.0 Å². The normalized spacial score (nSPS) is 15.8. The van der Waals surface area contributed by atoms with Crippen LogP contribution in [0.3, 0.4) is 0 Å². The molecule has 2 rings (SSSR count). The van der Waals surface area contributed by atoms with Gasteiger partial charge < -0.3 is 5.32 Å². The van der Waals surface area contributed by atoms with Crippen LogP contribution in [0.25, 0.3) is 0 Å². The minimum absolute atomic E-state index is 0.125. The van der Waals surface area contributed by atoms with Crippen LogP contribution in [0.4, 0.5) is 0 Å². The fourth-order valence-corrected chi connectivity index (χ4v) is 3.57. The molecule has 0 saturated heterocycles. The summed E-state index contributed by atoms with van der Waals surface area (Å²) in [6, 6.07) is 2.72. The predicted octanol–water partition coefficient (Wildman–Crippen LogP) is 3.11. The minimum Gasteiger partial charge on any atom is -0.352 e. The van der Waals surface area contributed by atoms with Crippen LogP contribution in [0.1, 0.15) is 35.2 Å².